The third kappa shape index (κ3) is 2.85. The molecular weight excluding hydrogens is 307 g/mol. The number of nitrogens with zero attached hydrogens (tertiary/aromatic N) is 1. The predicted molar refractivity (Wildman–Crippen MR) is 69.9 cm³/mol. The van der Waals surface area contributed by atoms with Gasteiger partial charge in [-0.15, -0.1) is 11.3 Å². The molecule has 21 heavy (non-hydrogen) atoms. The molecule has 8 heteroatoms. The molecule has 1 aromatic carbocycles. The van der Waals surface area contributed by atoms with Crippen LogP contribution in [-0.2, 0) is 4.74 Å². The molecule has 0 aliphatic carbocycles. The number of methoxy groups -OCH3 is 1. The topological polar surface area (TPSA) is 48.4 Å². The second-order valence-corrected chi connectivity index (χ2v) is 4.85. The van der Waals surface area contributed by atoms with Crippen molar-refractivity contribution in [2.75, 3.05) is 13.7 Å². The summed E-state index contributed by atoms with van der Waals surface area (Å²) in [5.74, 6) is -5.22. The molecule has 0 fully saturated rings. The molecule has 0 saturated heterocycles. The maximum atomic E-state index is 14.1. The van der Waals surface area contributed by atoms with Crippen LogP contribution in [0.3, 0.4) is 0 Å². The first kappa shape index (κ1) is 15.3. The monoisotopic (exact) mass is 317 g/mol. The second-order valence-electron chi connectivity index (χ2n) is 3.82. The number of hydrogen-bond donors (Lipinski definition) is 0. The van der Waals surface area contributed by atoms with Crippen molar-refractivity contribution in [1.29, 1.82) is 0 Å². The lowest BCUT2D eigenvalue weighted by Gasteiger charge is -2.07. The van der Waals surface area contributed by atoms with E-state index >= 15 is 0 Å². The number of benzene rings is 1. The van der Waals surface area contributed by atoms with Crippen molar-refractivity contribution in [1.82, 2.24) is 4.98 Å². The van der Waals surface area contributed by atoms with Gasteiger partial charge in [-0.05, 0) is 13.0 Å². The van der Waals surface area contributed by atoms with Gasteiger partial charge in [0.2, 0.25) is 5.82 Å². The van der Waals surface area contributed by atoms with Gasteiger partial charge in [0.25, 0.3) is 0 Å². The van der Waals surface area contributed by atoms with E-state index < -0.39 is 29.2 Å². The Labute approximate surface area is 122 Å². The van der Waals surface area contributed by atoms with Crippen molar-refractivity contribution in [3.8, 4) is 16.3 Å². The minimum Gasteiger partial charge on any atom is -0.491 e. The van der Waals surface area contributed by atoms with Gasteiger partial charge in [-0.3, -0.25) is 0 Å². The summed E-state index contributed by atoms with van der Waals surface area (Å²) in [5, 5.41) is 0.0211. The maximum Gasteiger partial charge on any atom is 0.349 e. The predicted octanol–water partition coefficient (Wildman–Crippen LogP) is 3.41. The molecule has 0 aliphatic heterocycles. The van der Waals surface area contributed by atoms with Gasteiger partial charge in [0, 0.05) is 0 Å². The van der Waals surface area contributed by atoms with Gasteiger partial charge >= 0.3 is 5.97 Å². The van der Waals surface area contributed by atoms with Gasteiger partial charge < -0.3 is 9.47 Å². The SMILES string of the molecule is CCOC(=O)c1cnc(-c2cc(F)c(F)c(OC)c2F)s1. The molecule has 2 aromatic rings. The van der Waals surface area contributed by atoms with E-state index in [0.29, 0.717) is 6.07 Å². The normalized spacial score (nSPS) is 10.5. The standard InChI is InChI=1S/C13H10F3NO3S/c1-3-20-13(18)8-5-17-12(21-8)6-4-7(14)10(16)11(19-2)9(6)15/h4-5H,3H2,1-2H3. The molecular formula is C13H10F3NO3S. The van der Waals surface area contributed by atoms with Gasteiger partial charge in [-0.2, -0.15) is 4.39 Å². The van der Waals surface area contributed by atoms with Crippen LogP contribution >= 0.6 is 11.3 Å². The molecule has 0 radical (unpaired) electrons. The average Bonchev–Trinajstić information content (AvgIpc) is 2.93. The van der Waals surface area contributed by atoms with E-state index in [1.165, 1.54) is 6.20 Å². The Bertz CT molecular complexity index is 688. The van der Waals surface area contributed by atoms with Crippen molar-refractivity contribution >= 4 is 17.3 Å². The van der Waals surface area contributed by atoms with Crippen molar-refractivity contribution in [3.05, 3.63) is 34.6 Å². The number of hydrogen-bond acceptors (Lipinski definition) is 5. The first-order valence-corrected chi connectivity index (χ1v) is 6.66. The Kier molecular flexibility index (Phi) is 4.46. The lowest BCUT2D eigenvalue weighted by atomic mass is 10.2. The van der Waals surface area contributed by atoms with Crippen molar-refractivity contribution in [2.24, 2.45) is 0 Å². The Balaban J connectivity index is 2.48. The van der Waals surface area contributed by atoms with Crippen LogP contribution in [0.2, 0.25) is 0 Å². The molecule has 0 aliphatic rings. The van der Waals surface area contributed by atoms with E-state index in [0.717, 1.165) is 18.4 Å². The number of esters is 1. The van der Waals surface area contributed by atoms with Crippen LogP contribution in [0.4, 0.5) is 13.2 Å². The van der Waals surface area contributed by atoms with Gasteiger partial charge in [-0.1, -0.05) is 0 Å². The van der Waals surface area contributed by atoms with Crippen LogP contribution in [0.15, 0.2) is 12.3 Å². The smallest absolute Gasteiger partial charge is 0.349 e. The summed E-state index contributed by atoms with van der Waals surface area (Å²) >= 11 is 0.812. The van der Waals surface area contributed by atoms with Gasteiger partial charge in [0.1, 0.15) is 9.88 Å². The molecule has 1 aromatic heterocycles. The number of rotatable bonds is 4. The van der Waals surface area contributed by atoms with Crippen LogP contribution in [0, 0.1) is 17.5 Å². The summed E-state index contributed by atoms with van der Waals surface area (Å²) in [7, 11) is 1.02. The van der Waals surface area contributed by atoms with Gasteiger partial charge in [0.15, 0.2) is 17.4 Å². The maximum absolute atomic E-state index is 14.1. The Morgan fingerprint density at radius 1 is 1.33 bits per heavy atom. The number of aromatic nitrogens is 1. The fourth-order valence-corrected chi connectivity index (χ4v) is 2.43. The molecule has 0 N–H and O–H groups in total. The minimum atomic E-state index is -1.42. The molecule has 0 bridgehead atoms. The van der Waals surface area contributed by atoms with Gasteiger partial charge in [-0.25, -0.2) is 18.6 Å². The Morgan fingerprint density at radius 3 is 2.67 bits per heavy atom. The molecule has 0 spiro atoms. The lowest BCUT2D eigenvalue weighted by molar-refractivity contribution is 0.0532. The molecule has 0 unspecified atom stereocenters. The summed E-state index contributed by atoms with van der Waals surface area (Å²) in [6, 6.07) is 0.668. The second kappa shape index (κ2) is 6.13. The zero-order chi connectivity index (χ0) is 15.6. The number of carbonyl (C=O) groups excluding carboxylic acids is 1. The van der Waals surface area contributed by atoms with Crippen molar-refractivity contribution in [2.45, 2.75) is 6.92 Å². The highest BCUT2D eigenvalue weighted by atomic mass is 32.1. The fraction of sp³-hybridized carbons (Fsp3) is 0.231. The first-order chi connectivity index (χ1) is 9.99. The number of carbonyl (C=O) groups is 1. The Hall–Kier alpha value is -2.09. The van der Waals surface area contributed by atoms with E-state index in [1.54, 1.807) is 6.92 Å². The molecule has 0 amide bonds. The van der Waals surface area contributed by atoms with Gasteiger partial charge in [0.05, 0.1) is 25.5 Å². The lowest BCUT2D eigenvalue weighted by Crippen LogP contribution is -2.01. The Morgan fingerprint density at radius 2 is 2.05 bits per heavy atom. The molecule has 2 rings (SSSR count). The van der Waals surface area contributed by atoms with Crippen LogP contribution in [-0.4, -0.2) is 24.7 Å². The van der Waals surface area contributed by atoms with E-state index in [1.807, 2.05) is 0 Å². The number of halogens is 3. The molecule has 112 valence electrons. The quantitative estimate of drug-likeness (QED) is 0.640. The van der Waals surface area contributed by atoms with E-state index in [2.05, 4.69) is 9.72 Å². The summed E-state index contributed by atoms with van der Waals surface area (Å²) in [6.07, 6.45) is 1.19. The van der Waals surface area contributed by atoms with Crippen LogP contribution in [0.1, 0.15) is 16.6 Å². The highest BCUT2D eigenvalue weighted by Gasteiger charge is 2.23. The number of thiazole rings is 1. The zero-order valence-corrected chi connectivity index (χ0v) is 11.9. The third-order valence-electron chi connectivity index (χ3n) is 2.53. The van der Waals surface area contributed by atoms with Crippen molar-refractivity contribution in [3.63, 3.8) is 0 Å². The summed E-state index contributed by atoms with van der Waals surface area (Å²) in [5.41, 5.74) is -0.286. The van der Waals surface area contributed by atoms with E-state index in [9.17, 15) is 18.0 Å². The fourth-order valence-electron chi connectivity index (χ4n) is 1.61. The highest BCUT2D eigenvalue weighted by Crippen LogP contribution is 2.35. The third-order valence-corrected chi connectivity index (χ3v) is 3.54. The van der Waals surface area contributed by atoms with Crippen LogP contribution in [0.5, 0.6) is 5.75 Å². The number of ether oxygens (including phenoxy) is 2. The first-order valence-electron chi connectivity index (χ1n) is 5.84. The minimum absolute atomic E-state index is 0.0211. The highest BCUT2D eigenvalue weighted by molar-refractivity contribution is 7.16. The van der Waals surface area contributed by atoms with E-state index in [4.69, 9.17) is 4.74 Å². The van der Waals surface area contributed by atoms with E-state index in [-0.39, 0.29) is 22.1 Å². The molecule has 0 saturated carbocycles. The largest absolute Gasteiger partial charge is 0.491 e. The van der Waals surface area contributed by atoms with Crippen molar-refractivity contribution < 1.29 is 27.4 Å². The zero-order valence-electron chi connectivity index (χ0n) is 11.1. The molecule has 1 heterocycles. The molecule has 0 atom stereocenters. The summed E-state index contributed by atoms with van der Waals surface area (Å²) in [4.78, 5) is 15.5. The van der Waals surface area contributed by atoms with Crippen LogP contribution in [0.25, 0.3) is 10.6 Å². The summed E-state index contributed by atoms with van der Waals surface area (Å²) < 4.78 is 50.2. The average molecular weight is 317 g/mol. The molecule has 4 nitrogen and oxygen atoms in total. The summed E-state index contributed by atoms with van der Waals surface area (Å²) in [6.45, 7) is 1.82. The van der Waals surface area contributed by atoms with Crippen LogP contribution < -0.4 is 4.74 Å².